The van der Waals surface area contributed by atoms with E-state index < -0.39 is 0 Å². The minimum Gasteiger partial charge on any atom is -0.392 e. The summed E-state index contributed by atoms with van der Waals surface area (Å²) in [5, 5.41) is 9.18. The van der Waals surface area contributed by atoms with Gasteiger partial charge in [-0.2, -0.15) is 0 Å². The van der Waals surface area contributed by atoms with Crippen LogP contribution >= 0.6 is 0 Å². The van der Waals surface area contributed by atoms with Crippen LogP contribution in [0.5, 0.6) is 0 Å². The molecule has 2 heteroatoms. The summed E-state index contributed by atoms with van der Waals surface area (Å²) in [4.78, 5) is 0. The summed E-state index contributed by atoms with van der Waals surface area (Å²) in [6, 6.07) is 17.9. The first-order chi connectivity index (χ1) is 8.40. The van der Waals surface area contributed by atoms with E-state index in [9.17, 15) is 5.11 Å². The fourth-order valence-corrected chi connectivity index (χ4v) is 1.71. The Morgan fingerprint density at radius 3 is 2.12 bits per heavy atom. The maximum absolute atomic E-state index is 9.18. The van der Waals surface area contributed by atoms with Crippen molar-refractivity contribution in [3.8, 4) is 0 Å². The van der Waals surface area contributed by atoms with Crippen LogP contribution in [0.25, 0.3) is 0 Å². The Kier molecular flexibility index (Phi) is 4.30. The van der Waals surface area contributed by atoms with Crippen molar-refractivity contribution in [1.29, 1.82) is 0 Å². The minimum atomic E-state index is 0.0604. The van der Waals surface area contributed by atoms with Crippen molar-refractivity contribution in [2.75, 3.05) is 0 Å². The maximum atomic E-state index is 9.18. The molecule has 0 aromatic heterocycles. The molecule has 0 aliphatic rings. The Hall–Kier alpha value is -1.64. The Balaban J connectivity index is 1.90. The highest BCUT2D eigenvalue weighted by Crippen LogP contribution is 2.11. The third-order valence-corrected chi connectivity index (χ3v) is 2.66. The predicted molar refractivity (Wildman–Crippen MR) is 67.3 cm³/mol. The zero-order valence-corrected chi connectivity index (χ0v) is 9.67. The largest absolute Gasteiger partial charge is 0.392 e. The quantitative estimate of drug-likeness (QED) is 0.852. The number of hydrogen-bond acceptors (Lipinski definition) is 2. The molecular weight excluding hydrogens is 212 g/mol. The van der Waals surface area contributed by atoms with Gasteiger partial charge < -0.3 is 9.84 Å². The van der Waals surface area contributed by atoms with Gasteiger partial charge in [0, 0.05) is 0 Å². The van der Waals surface area contributed by atoms with Gasteiger partial charge in [-0.25, -0.2) is 0 Å². The van der Waals surface area contributed by atoms with Crippen molar-refractivity contribution in [3.05, 3.63) is 71.3 Å². The van der Waals surface area contributed by atoms with Gasteiger partial charge in [0.05, 0.1) is 19.8 Å². The lowest BCUT2D eigenvalue weighted by atomic mass is 10.1. The molecule has 0 heterocycles. The average molecular weight is 228 g/mol. The van der Waals surface area contributed by atoms with E-state index in [4.69, 9.17) is 4.74 Å². The topological polar surface area (TPSA) is 29.5 Å². The summed E-state index contributed by atoms with van der Waals surface area (Å²) in [5.41, 5.74) is 3.14. The van der Waals surface area contributed by atoms with Crippen LogP contribution in [-0.2, 0) is 24.6 Å². The van der Waals surface area contributed by atoms with Crippen LogP contribution in [0.3, 0.4) is 0 Å². The third-order valence-electron chi connectivity index (χ3n) is 2.66. The van der Waals surface area contributed by atoms with E-state index in [0.717, 1.165) is 16.7 Å². The summed E-state index contributed by atoms with van der Waals surface area (Å²) >= 11 is 0. The molecule has 2 aromatic carbocycles. The van der Waals surface area contributed by atoms with Crippen LogP contribution in [0.2, 0.25) is 0 Å². The molecule has 1 N–H and O–H groups in total. The summed E-state index contributed by atoms with van der Waals surface area (Å²) < 4.78 is 5.64. The molecule has 0 aliphatic heterocycles. The minimum absolute atomic E-state index is 0.0604. The molecule has 0 radical (unpaired) electrons. The van der Waals surface area contributed by atoms with Gasteiger partial charge in [0.25, 0.3) is 0 Å². The molecule has 0 fully saturated rings. The monoisotopic (exact) mass is 228 g/mol. The SMILES string of the molecule is OCc1ccccc1COCc1ccccc1. The van der Waals surface area contributed by atoms with Gasteiger partial charge in [-0.15, -0.1) is 0 Å². The highest BCUT2D eigenvalue weighted by Gasteiger charge is 2.00. The van der Waals surface area contributed by atoms with E-state index in [1.165, 1.54) is 0 Å². The normalized spacial score (nSPS) is 10.4. The Morgan fingerprint density at radius 1 is 0.765 bits per heavy atom. The number of aliphatic hydroxyl groups is 1. The fourth-order valence-electron chi connectivity index (χ4n) is 1.71. The molecule has 2 aromatic rings. The molecule has 2 rings (SSSR count). The van der Waals surface area contributed by atoms with Crippen LogP contribution < -0.4 is 0 Å². The van der Waals surface area contributed by atoms with E-state index in [1.807, 2.05) is 54.6 Å². The molecule has 0 bridgehead atoms. The lowest BCUT2D eigenvalue weighted by Gasteiger charge is -2.08. The molecular formula is C15H16O2. The highest BCUT2D eigenvalue weighted by molar-refractivity contribution is 5.25. The first-order valence-corrected chi connectivity index (χ1v) is 5.69. The molecule has 0 spiro atoms. The van der Waals surface area contributed by atoms with E-state index in [0.29, 0.717) is 13.2 Å². The number of benzene rings is 2. The van der Waals surface area contributed by atoms with Gasteiger partial charge in [-0.05, 0) is 16.7 Å². The second-order valence-corrected chi connectivity index (χ2v) is 3.91. The molecule has 0 unspecified atom stereocenters. The standard InChI is InChI=1S/C15H16O2/c16-10-14-8-4-5-9-15(14)12-17-11-13-6-2-1-3-7-13/h1-9,16H,10-12H2. The molecule has 0 amide bonds. The zero-order chi connectivity index (χ0) is 11.9. The molecule has 2 nitrogen and oxygen atoms in total. The fraction of sp³-hybridized carbons (Fsp3) is 0.200. The molecule has 0 saturated heterocycles. The van der Waals surface area contributed by atoms with Gasteiger partial charge in [-0.3, -0.25) is 0 Å². The Labute approximate surface area is 101 Å². The summed E-state index contributed by atoms with van der Waals surface area (Å²) in [7, 11) is 0. The van der Waals surface area contributed by atoms with Crippen LogP contribution in [0.4, 0.5) is 0 Å². The van der Waals surface area contributed by atoms with E-state index in [2.05, 4.69) is 0 Å². The third kappa shape index (κ3) is 3.41. The predicted octanol–water partition coefficient (Wildman–Crippen LogP) is 2.90. The first-order valence-electron chi connectivity index (χ1n) is 5.69. The van der Waals surface area contributed by atoms with E-state index in [1.54, 1.807) is 0 Å². The van der Waals surface area contributed by atoms with Crippen molar-refractivity contribution in [3.63, 3.8) is 0 Å². The van der Waals surface area contributed by atoms with Crippen LogP contribution in [0, 0.1) is 0 Å². The zero-order valence-electron chi connectivity index (χ0n) is 9.67. The van der Waals surface area contributed by atoms with Gasteiger partial charge in [0.15, 0.2) is 0 Å². The smallest absolute Gasteiger partial charge is 0.0724 e. The lowest BCUT2D eigenvalue weighted by molar-refractivity contribution is 0.105. The van der Waals surface area contributed by atoms with Crippen molar-refractivity contribution in [2.24, 2.45) is 0 Å². The Bertz CT molecular complexity index is 451. The summed E-state index contributed by atoms with van der Waals surface area (Å²) in [6.45, 7) is 1.19. The molecule has 88 valence electrons. The number of aliphatic hydroxyl groups excluding tert-OH is 1. The molecule has 17 heavy (non-hydrogen) atoms. The summed E-state index contributed by atoms with van der Waals surface area (Å²) in [6.07, 6.45) is 0. The second-order valence-electron chi connectivity index (χ2n) is 3.91. The van der Waals surface area contributed by atoms with E-state index in [-0.39, 0.29) is 6.61 Å². The van der Waals surface area contributed by atoms with Crippen LogP contribution in [0.1, 0.15) is 16.7 Å². The molecule has 0 saturated carbocycles. The second kappa shape index (κ2) is 6.18. The number of hydrogen-bond donors (Lipinski definition) is 1. The highest BCUT2D eigenvalue weighted by atomic mass is 16.5. The lowest BCUT2D eigenvalue weighted by Crippen LogP contribution is -1.98. The summed E-state index contributed by atoms with van der Waals surface area (Å²) in [5.74, 6) is 0. The Morgan fingerprint density at radius 2 is 1.41 bits per heavy atom. The first kappa shape index (κ1) is 11.8. The number of rotatable bonds is 5. The van der Waals surface area contributed by atoms with Crippen molar-refractivity contribution in [2.45, 2.75) is 19.8 Å². The molecule has 0 aliphatic carbocycles. The van der Waals surface area contributed by atoms with Crippen molar-refractivity contribution < 1.29 is 9.84 Å². The van der Waals surface area contributed by atoms with Gasteiger partial charge >= 0.3 is 0 Å². The number of ether oxygens (including phenoxy) is 1. The average Bonchev–Trinajstić information content (AvgIpc) is 2.40. The van der Waals surface area contributed by atoms with Crippen molar-refractivity contribution in [1.82, 2.24) is 0 Å². The van der Waals surface area contributed by atoms with Gasteiger partial charge in [0.1, 0.15) is 0 Å². The van der Waals surface area contributed by atoms with Crippen LogP contribution in [-0.4, -0.2) is 5.11 Å². The maximum Gasteiger partial charge on any atom is 0.0724 e. The van der Waals surface area contributed by atoms with Gasteiger partial charge in [0.2, 0.25) is 0 Å². The van der Waals surface area contributed by atoms with Crippen LogP contribution in [0.15, 0.2) is 54.6 Å². The van der Waals surface area contributed by atoms with E-state index >= 15 is 0 Å². The van der Waals surface area contributed by atoms with Crippen molar-refractivity contribution >= 4 is 0 Å². The molecule has 0 atom stereocenters. The van der Waals surface area contributed by atoms with Gasteiger partial charge in [-0.1, -0.05) is 54.6 Å².